The van der Waals surface area contributed by atoms with Crippen LogP contribution in [-0.4, -0.2) is 5.78 Å². The van der Waals surface area contributed by atoms with Crippen molar-refractivity contribution in [1.82, 2.24) is 0 Å². The van der Waals surface area contributed by atoms with Gasteiger partial charge >= 0.3 is 0 Å². The normalized spacial score (nSPS) is 52.2. The average Bonchev–Trinajstić information content (AvgIpc) is 1.93. The second-order valence-electron chi connectivity index (χ2n) is 4.15. The minimum atomic E-state index is 0.344. The van der Waals surface area contributed by atoms with Gasteiger partial charge in [0.2, 0.25) is 0 Å². The lowest BCUT2D eigenvalue weighted by Gasteiger charge is -2.50. The molecule has 3 aliphatic rings. The largest absolute Gasteiger partial charge is 0.299 e. The zero-order chi connectivity index (χ0) is 7.42. The first-order chi connectivity index (χ1) is 5.36. The number of carbonyl (C=O) groups excluding carboxylic acids is 1. The first-order valence-corrected chi connectivity index (χ1v) is 4.57. The molecular formula is C10H12O. The molecular weight excluding hydrogens is 136 g/mol. The Kier molecular flexibility index (Phi) is 0.961. The Morgan fingerprint density at radius 1 is 1.18 bits per heavy atom. The maximum Gasteiger partial charge on any atom is 0.140 e. The van der Waals surface area contributed by atoms with Gasteiger partial charge in [0.15, 0.2) is 0 Å². The summed E-state index contributed by atoms with van der Waals surface area (Å²) in [6.07, 6.45) is 8.08. The number of Topliss-reactive ketones (excluding diaryl/α,β-unsaturated/α-hetero) is 1. The van der Waals surface area contributed by atoms with E-state index in [0.717, 1.165) is 24.2 Å². The molecule has 0 radical (unpaired) electrons. The van der Waals surface area contributed by atoms with Crippen molar-refractivity contribution in [3.63, 3.8) is 0 Å². The molecule has 0 N–H and O–H groups in total. The van der Waals surface area contributed by atoms with Crippen LogP contribution in [-0.2, 0) is 4.79 Å². The van der Waals surface area contributed by atoms with Gasteiger partial charge in [-0.25, -0.2) is 0 Å². The highest BCUT2D eigenvalue weighted by molar-refractivity contribution is 5.89. The molecule has 1 heteroatoms. The summed E-state index contributed by atoms with van der Waals surface area (Å²) < 4.78 is 0. The third-order valence-electron chi connectivity index (χ3n) is 3.77. The van der Waals surface area contributed by atoms with Crippen molar-refractivity contribution < 1.29 is 4.79 Å². The molecule has 0 spiro atoms. The van der Waals surface area contributed by atoms with E-state index in [-0.39, 0.29) is 0 Å². The zero-order valence-corrected chi connectivity index (χ0v) is 6.49. The van der Waals surface area contributed by atoms with E-state index in [1.165, 1.54) is 12.8 Å². The third-order valence-corrected chi connectivity index (χ3v) is 3.77. The standard InChI is InChI=1S/C10H12O/c11-10-5-9-7-3-1-6(7)2-4-8(9)10/h2,4,6-9H,1,3,5H2/t6-,7-,8-,9+/m0/s1. The number of fused-ring (bicyclic) bond motifs is 3. The fraction of sp³-hybridized carbons (Fsp3) is 0.700. The van der Waals surface area contributed by atoms with Gasteiger partial charge in [0.1, 0.15) is 5.78 Å². The molecule has 1 nitrogen and oxygen atoms in total. The molecule has 0 aliphatic heterocycles. The van der Waals surface area contributed by atoms with Gasteiger partial charge in [0, 0.05) is 12.3 Å². The highest BCUT2D eigenvalue weighted by atomic mass is 16.1. The minimum absolute atomic E-state index is 0.344. The Labute approximate surface area is 66.5 Å². The van der Waals surface area contributed by atoms with Crippen LogP contribution in [0, 0.1) is 23.7 Å². The summed E-state index contributed by atoms with van der Waals surface area (Å²) in [7, 11) is 0. The predicted octanol–water partition coefficient (Wildman–Crippen LogP) is 1.79. The number of ketones is 1. The molecule has 3 rings (SSSR count). The van der Waals surface area contributed by atoms with Gasteiger partial charge in [0.25, 0.3) is 0 Å². The Morgan fingerprint density at radius 2 is 2.09 bits per heavy atom. The van der Waals surface area contributed by atoms with Crippen molar-refractivity contribution in [2.75, 3.05) is 0 Å². The van der Waals surface area contributed by atoms with Crippen molar-refractivity contribution in [3.05, 3.63) is 12.2 Å². The maximum absolute atomic E-state index is 11.1. The van der Waals surface area contributed by atoms with Crippen molar-refractivity contribution >= 4 is 5.78 Å². The van der Waals surface area contributed by atoms with Gasteiger partial charge in [-0.3, -0.25) is 4.79 Å². The number of allylic oxidation sites excluding steroid dienone is 2. The molecule has 2 saturated carbocycles. The monoisotopic (exact) mass is 148 g/mol. The summed E-state index contributed by atoms with van der Waals surface area (Å²) in [6, 6.07) is 0. The first kappa shape index (κ1) is 5.99. The van der Waals surface area contributed by atoms with E-state index < -0.39 is 0 Å². The summed E-state index contributed by atoms with van der Waals surface area (Å²) in [5.74, 6) is 3.33. The van der Waals surface area contributed by atoms with Gasteiger partial charge < -0.3 is 0 Å². The fourth-order valence-corrected chi connectivity index (χ4v) is 2.83. The van der Waals surface area contributed by atoms with Gasteiger partial charge in [-0.2, -0.15) is 0 Å². The smallest absolute Gasteiger partial charge is 0.140 e. The number of hydrogen-bond acceptors (Lipinski definition) is 1. The van der Waals surface area contributed by atoms with Crippen LogP contribution in [0.5, 0.6) is 0 Å². The summed E-state index contributed by atoms with van der Waals surface area (Å²) in [5, 5.41) is 0. The number of carbonyl (C=O) groups is 1. The van der Waals surface area contributed by atoms with E-state index >= 15 is 0 Å². The molecule has 11 heavy (non-hydrogen) atoms. The van der Waals surface area contributed by atoms with Crippen LogP contribution in [0.3, 0.4) is 0 Å². The topological polar surface area (TPSA) is 17.1 Å². The molecule has 3 aliphatic carbocycles. The summed E-state index contributed by atoms with van der Waals surface area (Å²) in [4.78, 5) is 11.1. The predicted molar refractivity (Wildman–Crippen MR) is 42.0 cm³/mol. The van der Waals surface area contributed by atoms with Crippen molar-refractivity contribution in [2.24, 2.45) is 23.7 Å². The molecule has 0 bridgehead atoms. The summed E-state index contributed by atoms with van der Waals surface area (Å²) in [5.41, 5.74) is 0. The van der Waals surface area contributed by atoms with E-state index in [1.807, 2.05) is 0 Å². The molecule has 0 aromatic carbocycles. The second-order valence-corrected chi connectivity index (χ2v) is 4.15. The zero-order valence-electron chi connectivity index (χ0n) is 6.49. The van der Waals surface area contributed by atoms with Crippen LogP contribution in [0.2, 0.25) is 0 Å². The van der Waals surface area contributed by atoms with Crippen LogP contribution in [0.25, 0.3) is 0 Å². The molecule has 0 aromatic heterocycles. The van der Waals surface area contributed by atoms with Crippen LogP contribution >= 0.6 is 0 Å². The molecule has 58 valence electrons. The van der Waals surface area contributed by atoms with Crippen LogP contribution in [0.1, 0.15) is 19.3 Å². The second kappa shape index (κ2) is 1.77. The lowest BCUT2D eigenvalue weighted by atomic mass is 9.53. The van der Waals surface area contributed by atoms with Crippen molar-refractivity contribution in [2.45, 2.75) is 19.3 Å². The van der Waals surface area contributed by atoms with Crippen molar-refractivity contribution in [1.29, 1.82) is 0 Å². The van der Waals surface area contributed by atoms with E-state index in [0.29, 0.717) is 11.7 Å². The molecule has 0 aromatic rings. The molecule has 2 fully saturated rings. The van der Waals surface area contributed by atoms with Crippen molar-refractivity contribution in [3.8, 4) is 0 Å². The fourth-order valence-electron chi connectivity index (χ4n) is 2.83. The maximum atomic E-state index is 11.1. The quantitative estimate of drug-likeness (QED) is 0.479. The Balaban J connectivity index is 1.91. The first-order valence-electron chi connectivity index (χ1n) is 4.57. The third kappa shape index (κ3) is 0.597. The van der Waals surface area contributed by atoms with Crippen LogP contribution < -0.4 is 0 Å². The number of hydrogen-bond donors (Lipinski definition) is 0. The molecule has 0 amide bonds. The van der Waals surface area contributed by atoms with Crippen LogP contribution in [0.15, 0.2) is 12.2 Å². The lowest BCUT2D eigenvalue weighted by Crippen LogP contribution is -2.48. The summed E-state index contributed by atoms with van der Waals surface area (Å²) in [6.45, 7) is 0. The SMILES string of the molecule is O=C1C[C@@H]2[C@H]3CC[C@H]3C=C[C@H]12. The Hall–Kier alpha value is -0.590. The van der Waals surface area contributed by atoms with Gasteiger partial charge in [0.05, 0.1) is 0 Å². The van der Waals surface area contributed by atoms with Gasteiger partial charge in [-0.05, 0) is 30.6 Å². The van der Waals surface area contributed by atoms with E-state index in [4.69, 9.17) is 0 Å². The molecule has 0 unspecified atom stereocenters. The highest BCUT2D eigenvalue weighted by Crippen LogP contribution is 2.53. The molecule has 4 atom stereocenters. The minimum Gasteiger partial charge on any atom is -0.299 e. The van der Waals surface area contributed by atoms with Gasteiger partial charge in [-0.15, -0.1) is 0 Å². The van der Waals surface area contributed by atoms with E-state index in [2.05, 4.69) is 12.2 Å². The average molecular weight is 148 g/mol. The number of rotatable bonds is 0. The molecule has 0 heterocycles. The van der Waals surface area contributed by atoms with E-state index in [1.54, 1.807) is 0 Å². The Morgan fingerprint density at radius 3 is 2.73 bits per heavy atom. The Bertz CT molecular complexity index is 241. The van der Waals surface area contributed by atoms with Crippen LogP contribution in [0.4, 0.5) is 0 Å². The summed E-state index contributed by atoms with van der Waals surface area (Å²) >= 11 is 0. The van der Waals surface area contributed by atoms with E-state index in [9.17, 15) is 4.79 Å². The lowest BCUT2D eigenvalue weighted by molar-refractivity contribution is -0.137. The molecule has 0 saturated heterocycles. The highest BCUT2D eigenvalue weighted by Gasteiger charge is 2.49. The van der Waals surface area contributed by atoms with Gasteiger partial charge in [-0.1, -0.05) is 12.2 Å².